The molecule has 1 aromatic heterocycles. The lowest BCUT2D eigenvalue weighted by Gasteiger charge is -2.17. The molecule has 1 heterocycles. The van der Waals surface area contributed by atoms with Crippen molar-refractivity contribution >= 4 is 5.69 Å². The van der Waals surface area contributed by atoms with Gasteiger partial charge in [0, 0.05) is 12.1 Å². The van der Waals surface area contributed by atoms with Crippen molar-refractivity contribution in [1.29, 1.82) is 5.26 Å². The van der Waals surface area contributed by atoms with E-state index < -0.39 is 0 Å². The highest BCUT2D eigenvalue weighted by molar-refractivity contribution is 5.56. The molecule has 0 aliphatic rings. The van der Waals surface area contributed by atoms with E-state index in [0.717, 1.165) is 12.2 Å². The molecule has 21 heavy (non-hydrogen) atoms. The lowest BCUT2D eigenvalue weighted by Crippen LogP contribution is -2.08. The first-order valence-electron chi connectivity index (χ1n) is 6.83. The van der Waals surface area contributed by atoms with Gasteiger partial charge in [0.15, 0.2) is 0 Å². The first kappa shape index (κ1) is 14.8. The Balaban J connectivity index is 2.38. The molecule has 5 heteroatoms. The predicted octanol–water partition coefficient (Wildman–Crippen LogP) is 3.71. The van der Waals surface area contributed by atoms with Crippen LogP contribution < -0.4 is 15.2 Å². The number of aromatic nitrogens is 1. The molecule has 0 spiro atoms. The highest BCUT2D eigenvalue weighted by atomic mass is 16.5. The Labute approximate surface area is 124 Å². The van der Waals surface area contributed by atoms with Crippen molar-refractivity contribution in [2.75, 3.05) is 12.8 Å². The van der Waals surface area contributed by atoms with Gasteiger partial charge in [0.2, 0.25) is 5.88 Å². The molecule has 0 fully saturated rings. The largest absolute Gasteiger partial charge is 0.497 e. The summed E-state index contributed by atoms with van der Waals surface area (Å²) in [6, 6.07) is 11.2. The van der Waals surface area contributed by atoms with E-state index in [1.807, 2.05) is 23.6 Å². The minimum Gasteiger partial charge on any atom is -0.497 e. The molecule has 0 aliphatic heterocycles. The maximum Gasteiger partial charge on any atom is 0.224 e. The van der Waals surface area contributed by atoms with Crippen molar-refractivity contribution < 1.29 is 9.47 Å². The van der Waals surface area contributed by atoms with Crippen LogP contribution in [0.25, 0.3) is 0 Å². The lowest BCUT2D eigenvalue weighted by atomic mass is 10.2. The normalized spacial score (nSPS) is 11.7. The molecular weight excluding hydrogens is 266 g/mol. The van der Waals surface area contributed by atoms with Gasteiger partial charge in [0.05, 0.1) is 12.8 Å². The van der Waals surface area contributed by atoms with Crippen molar-refractivity contribution in [3.63, 3.8) is 0 Å². The number of anilines is 1. The summed E-state index contributed by atoms with van der Waals surface area (Å²) < 4.78 is 12.8. The molecule has 0 aliphatic carbocycles. The van der Waals surface area contributed by atoms with Crippen LogP contribution in [0.5, 0.6) is 17.4 Å². The molecule has 1 atom stereocenters. The second-order valence-corrected chi connectivity index (χ2v) is 4.81. The third-order valence-electron chi connectivity index (χ3n) is 3.44. The van der Waals surface area contributed by atoms with Gasteiger partial charge in [0.1, 0.15) is 23.3 Å². The van der Waals surface area contributed by atoms with Gasteiger partial charge >= 0.3 is 0 Å². The molecule has 2 rings (SSSR count). The zero-order valence-electron chi connectivity index (χ0n) is 12.5. The van der Waals surface area contributed by atoms with Crippen molar-refractivity contribution in [3.05, 3.63) is 36.0 Å². The molecule has 5 nitrogen and oxygen atoms in total. The molecule has 0 saturated heterocycles. The first-order valence-corrected chi connectivity index (χ1v) is 6.83. The average molecular weight is 285 g/mol. The maximum atomic E-state index is 9.24. The molecule has 0 bridgehead atoms. The zero-order chi connectivity index (χ0) is 15.4. The van der Waals surface area contributed by atoms with Gasteiger partial charge < -0.3 is 15.2 Å². The van der Waals surface area contributed by atoms with Crippen LogP contribution in [0.3, 0.4) is 0 Å². The van der Waals surface area contributed by atoms with E-state index in [1.165, 1.54) is 0 Å². The quantitative estimate of drug-likeness (QED) is 0.908. The minimum absolute atomic E-state index is 0.130. The third kappa shape index (κ3) is 2.95. The summed E-state index contributed by atoms with van der Waals surface area (Å²) in [6.07, 6.45) is 0.877. The number of hydrogen-bond donors (Lipinski definition) is 1. The fourth-order valence-corrected chi connectivity index (χ4v) is 2.10. The molecule has 1 aromatic carbocycles. The van der Waals surface area contributed by atoms with Crippen LogP contribution >= 0.6 is 0 Å². The van der Waals surface area contributed by atoms with Gasteiger partial charge in [0.25, 0.3) is 0 Å². The van der Waals surface area contributed by atoms with Crippen molar-refractivity contribution in [1.82, 2.24) is 4.57 Å². The second-order valence-electron chi connectivity index (χ2n) is 4.81. The summed E-state index contributed by atoms with van der Waals surface area (Å²) in [5, 5.41) is 9.24. The fraction of sp³-hybridized carbons (Fsp3) is 0.312. The van der Waals surface area contributed by atoms with Gasteiger partial charge in [-0.3, -0.25) is 4.57 Å². The second kappa shape index (κ2) is 6.23. The Hall–Kier alpha value is -2.61. The molecule has 0 saturated carbocycles. The van der Waals surface area contributed by atoms with Crippen LogP contribution in [0.15, 0.2) is 30.3 Å². The molecule has 2 N–H and O–H groups in total. The summed E-state index contributed by atoms with van der Waals surface area (Å²) in [6.45, 7) is 4.08. The summed E-state index contributed by atoms with van der Waals surface area (Å²) in [7, 11) is 1.61. The van der Waals surface area contributed by atoms with E-state index in [4.69, 9.17) is 15.2 Å². The minimum atomic E-state index is 0.130. The number of benzene rings is 1. The highest BCUT2D eigenvalue weighted by Gasteiger charge is 2.18. The number of rotatable bonds is 5. The predicted molar refractivity (Wildman–Crippen MR) is 81.6 cm³/mol. The smallest absolute Gasteiger partial charge is 0.224 e. The third-order valence-corrected chi connectivity index (χ3v) is 3.44. The standard InChI is InChI=1S/C16H19N3O2/c1-4-11(2)19-12(10-17)9-15(18)16(19)21-14-7-5-13(20-3)6-8-14/h5-9,11H,4,18H2,1-3H3. The Morgan fingerprint density at radius 3 is 2.43 bits per heavy atom. The average Bonchev–Trinajstić information content (AvgIpc) is 2.83. The van der Waals surface area contributed by atoms with E-state index in [2.05, 4.69) is 13.0 Å². The molecule has 0 radical (unpaired) electrons. The molecule has 0 amide bonds. The maximum absolute atomic E-state index is 9.24. The Kier molecular flexibility index (Phi) is 4.39. The first-order chi connectivity index (χ1) is 10.1. The van der Waals surface area contributed by atoms with Gasteiger partial charge in [-0.25, -0.2) is 0 Å². The fourth-order valence-electron chi connectivity index (χ4n) is 2.10. The summed E-state index contributed by atoms with van der Waals surface area (Å²) >= 11 is 0. The van der Waals surface area contributed by atoms with Crippen LogP contribution in [0, 0.1) is 11.3 Å². The molecule has 1 unspecified atom stereocenters. The van der Waals surface area contributed by atoms with Crippen molar-refractivity contribution in [2.24, 2.45) is 0 Å². The van der Waals surface area contributed by atoms with E-state index in [9.17, 15) is 5.26 Å². The Bertz CT molecular complexity index is 653. The summed E-state index contributed by atoms with van der Waals surface area (Å²) in [4.78, 5) is 0. The zero-order valence-corrected chi connectivity index (χ0v) is 12.5. The number of nitrogens with zero attached hydrogens (tertiary/aromatic N) is 2. The van der Waals surface area contributed by atoms with E-state index >= 15 is 0 Å². The SMILES string of the molecule is CCC(C)n1c(C#N)cc(N)c1Oc1ccc(OC)cc1. The molecule has 2 aromatic rings. The van der Waals surface area contributed by atoms with Gasteiger partial charge in [-0.1, -0.05) is 6.92 Å². The number of nitriles is 1. The number of nitrogens with two attached hydrogens (primary N) is 1. The van der Waals surface area contributed by atoms with Crippen LogP contribution in [0.2, 0.25) is 0 Å². The van der Waals surface area contributed by atoms with Crippen molar-refractivity contribution in [2.45, 2.75) is 26.3 Å². The highest BCUT2D eigenvalue weighted by Crippen LogP contribution is 2.35. The number of nitrogen functional groups attached to an aromatic ring is 1. The van der Waals surface area contributed by atoms with Crippen LogP contribution in [-0.4, -0.2) is 11.7 Å². The lowest BCUT2D eigenvalue weighted by molar-refractivity contribution is 0.394. The van der Waals surface area contributed by atoms with Crippen molar-refractivity contribution in [3.8, 4) is 23.4 Å². The Morgan fingerprint density at radius 2 is 1.90 bits per heavy atom. The van der Waals surface area contributed by atoms with E-state index in [-0.39, 0.29) is 6.04 Å². The van der Waals surface area contributed by atoms with E-state index in [0.29, 0.717) is 23.0 Å². The number of methoxy groups -OCH3 is 1. The summed E-state index contributed by atoms with van der Waals surface area (Å²) in [5.41, 5.74) is 6.96. The topological polar surface area (TPSA) is 73.2 Å². The van der Waals surface area contributed by atoms with Crippen LogP contribution in [-0.2, 0) is 0 Å². The number of ether oxygens (including phenoxy) is 2. The molecular formula is C16H19N3O2. The van der Waals surface area contributed by atoms with Gasteiger partial charge in [-0.2, -0.15) is 5.26 Å². The number of hydrogen-bond acceptors (Lipinski definition) is 4. The summed E-state index contributed by atoms with van der Waals surface area (Å²) in [5.74, 6) is 1.91. The van der Waals surface area contributed by atoms with Crippen LogP contribution in [0.4, 0.5) is 5.69 Å². The van der Waals surface area contributed by atoms with Gasteiger partial charge in [-0.05, 0) is 37.6 Å². The monoisotopic (exact) mass is 285 g/mol. The van der Waals surface area contributed by atoms with E-state index in [1.54, 1.807) is 25.3 Å². The molecule has 110 valence electrons. The van der Waals surface area contributed by atoms with Crippen LogP contribution in [0.1, 0.15) is 32.0 Å². The Morgan fingerprint density at radius 1 is 1.29 bits per heavy atom. The van der Waals surface area contributed by atoms with Gasteiger partial charge in [-0.15, -0.1) is 0 Å².